The first-order chi connectivity index (χ1) is 8.45. The lowest BCUT2D eigenvalue weighted by molar-refractivity contribution is -0.0979. The summed E-state index contributed by atoms with van der Waals surface area (Å²) in [4.78, 5) is 12.1. The van der Waals surface area contributed by atoms with Crippen molar-refractivity contribution in [3.63, 3.8) is 0 Å². The molecule has 6 nitrogen and oxygen atoms in total. The molecule has 3 unspecified atom stereocenters. The molecule has 19 heavy (non-hydrogen) atoms. The molecule has 112 valence electrons. The van der Waals surface area contributed by atoms with E-state index < -0.39 is 32.7 Å². The van der Waals surface area contributed by atoms with E-state index in [0.29, 0.717) is 0 Å². The summed E-state index contributed by atoms with van der Waals surface area (Å²) >= 11 is 0. The van der Waals surface area contributed by atoms with Crippen molar-refractivity contribution in [1.82, 2.24) is 4.90 Å². The minimum Gasteiger partial charge on any atom is -0.465 e. The molecule has 0 aromatic carbocycles. The predicted octanol–water partition coefficient (Wildman–Crippen LogP) is 1.09. The lowest BCUT2D eigenvalue weighted by Gasteiger charge is -2.44. The van der Waals surface area contributed by atoms with Gasteiger partial charge in [0.1, 0.15) is 12.2 Å². The first-order valence-electron chi connectivity index (χ1n) is 6.47. The van der Waals surface area contributed by atoms with Gasteiger partial charge in [0.15, 0.2) is 8.32 Å². The average molecular weight is 291 g/mol. The number of likely N-dealkylation sites (tertiary alicyclic amines) is 1. The second-order valence-corrected chi connectivity index (χ2v) is 11.4. The minimum atomic E-state index is -2.12. The molecule has 1 aliphatic rings. The molecule has 0 spiro atoms. The van der Waals surface area contributed by atoms with Crippen LogP contribution in [0, 0.1) is 0 Å². The number of amides is 1. The predicted molar refractivity (Wildman–Crippen MR) is 73.7 cm³/mol. The van der Waals surface area contributed by atoms with Crippen molar-refractivity contribution in [2.24, 2.45) is 0 Å². The maximum absolute atomic E-state index is 11.0. The van der Waals surface area contributed by atoms with Gasteiger partial charge in [-0.1, -0.05) is 20.8 Å². The summed E-state index contributed by atoms with van der Waals surface area (Å²) in [6, 6.07) is 0. The van der Waals surface area contributed by atoms with Crippen molar-refractivity contribution >= 4 is 14.4 Å². The van der Waals surface area contributed by atoms with Crippen LogP contribution in [-0.2, 0) is 4.43 Å². The maximum atomic E-state index is 11.0. The Balaban J connectivity index is 2.83. The molecule has 0 radical (unpaired) electrons. The van der Waals surface area contributed by atoms with Crippen molar-refractivity contribution in [1.29, 1.82) is 0 Å². The molecule has 1 heterocycles. The van der Waals surface area contributed by atoms with Crippen molar-refractivity contribution in [3.05, 3.63) is 0 Å². The number of β-amino-alcohol motifs (C(OH)–C–C–N with tert-alkyl or cyclic N) is 1. The minimum absolute atomic E-state index is 0.0385. The third-order valence-corrected chi connectivity index (χ3v) is 8.61. The molecule has 3 atom stereocenters. The van der Waals surface area contributed by atoms with E-state index in [1.807, 2.05) is 13.1 Å². The Bertz CT molecular complexity index is 342. The van der Waals surface area contributed by atoms with E-state index in [9.17, 15) is 15.0 Å². The van der Waals surface area contributed by atoms with Crippen LogP contribution in [0.25, 0.3) is 0 Å². The molecule has 1 saturated heterocycles. The van der Waals surface area contributed by atoms with Gasteiger partial charge in [-0.05, 0) is 18.1 Å². The van der Waals surface area contributed by atoms with E-state index >= 15 is 0 Å². The molecule has 1 fully saturated rings. The Kier molecular flexibility index (Phi) is 4.66. The quantitative estimate of drug-likeness (QED) is 0.663. The molecule has 0 bridgehead atoms. The summed E-state index contributed by atoms with van der Waals surface area (Å²) in [5.74, 6) is 0. The number of rotatable bonds is 2. The van der Waals surface area contributed by atoms with Gasteiger partial charge in [0.05, 0.1) is 19.2 Å². The van der Waals surface area contributed by atoms with Gasteiger partial charge < -0.3 is 24.6 Å². The van der Waals surface area contributed by atoms with Gasteiger partial charge >= 0.3 is 6.09 Å². The fraction of sp³-hybridized carbons (Fsp3) is 0.917. The lowest BCUT2D eigenvalue weighted by Crippen LogP contribution is -2.60. The second kappa shape index (κ2) is 5.39. The van der Waals surface area contributed by atoms with E-state index in [2.05, 4.69) is 20.8 Å². The highest BCUT2D eigenvalue weighted by Crippen LogP contribution is 2.38. The monoisotopic (exact) mass is 291 g/mol. The van der Waals surface area contributed by atoms with Crippen LogP contribution in [0.5, 0.6) is 0 Å². The van der Waals surface area contributed by atoms with Gasteiger partial charge in [0, 0.05) is 0 Å². The normalized spacial score (nSPS) is 29.4. The number of hydrogen-bond acceptors (Lipinski definition) is 4. The van der Waals surface area contributed by atoms with Crippen LogP contribution >= 0.6 is 0 Å². The Hall–Kier alpha value is -0.633. The van der Waals surface area contributed by atoms with Crippen molar-refractivity contribution in [2.45, 2.75) is 57.2 Å². The third kappa shape index (κ3) is 3.68. The highest BCUT2D eigenvalue weighted by Gasteiger charge is 2.44. The number of aliphatic hydroxyl groups excluding tert-OH is 2. The average Bonchev–Trinajstić information content (AvgIpc) is 2.22. The van der Waals surface area contributed by atoms with Crippen LogP contribution in [0.1, 0.15) is 20.8 Å². The zero-order valence-electron chi connectivity index (χ0n) is 12.3. The summed E-state index contributed by atoms with van der Waals surface area (Å²) in [6.07, 6.45) is -3.90. The van der Waals surface area contributed by atoms with Gasteiger partial charge in [-0.2, -0.15) is 0 Å². The lowest BCUT2D eigenvalue weighted by atomic mass is 10.0. The highest BCUT2D eigenvalue weighted by atomic mass is 28.4. The maximum Gasteiger partial charge on any atom is 0.407 e. The first-order valence-corrected chi connectivity index (χ1v) is 9.38. The molecule has 1 aliphatic heterocycles. The number of aliphatic hydroxyl groups is 2. The summed E-state index contributed by atoms with van der Waals surface area (Å²) in [7, 11) is -2.12. The highest BCUT2D eigenvalue weighted by molar-refractivity contribution is 6.74. The topological polar surface area (TPSA) is 90.2 Å². The van der Waals surface area contributed by atoms with Crippen LogP contribution in [0.15, 0.2) is 0 Å². The summed E-state index contributed by atoms with van der Waals surface area (Å²) < 4.78 is 6.03. The smallest absolute Gasteiger partial charge is 0.407 e. The number of piperidine rings is 1. The van der Waals surface area contributed by atoms with Gasteiger partial charge in [-0.15, -0.1) is 0 Å². The van der Waals surface area contributed by atoms with Gasteiger partial charge in [-0.3, -0.25) is 0 Å². The van der Waals surface area contributed by atoms with Crippen LogP contribution in [-0.4, -0.2) is 66.0 Å². The van der Waals surface area contributed by atoms with E-state index in [-0.39, 0.29) is 18.1 Å². The van der Waals surface area contributed by atoms with Gasteiger partial charge in [0.2, 0.25) is 0 Å². The first kappa shape index (κ1) is 16.4. The SMILES string of the molecule is CC(C)(C)[Si](C)(C)OC1CN(C(=O)O)CC(O)C1O. The van der Waals surface area contributed by atoms with Crippen molar-refractivity contribution in [3.8, 4) is 0 Å². The van der Waals surface area contributed by atoms with Crippen LogP contribution in [0.3, 0.4) is 0 Å². The molecule has 0 aromatic heterocycles. The molecule has 0 aliphatic carbocycles. The summed E-state index contributed by atoms with van der Waals surface area (Å²) in [6.45, 7) is 10.3. The molecule has 7 heteroatoms. The number of carboxylic acid groups (broad SMARTS) is 1. The number of hydrogen-bond donors (Lipinski definition) is 3. The summed E-state index contributed by atoms with van der Waals surface area (Å²) in [5, 5.41) is 28.7. The molecule has 0 saturated carbocycles. The Morgan fingerprint density at radius 1 is 1.26 bits per heavy atom. The summed E-state index contributed by atoms with van der Waals surface area (Å²) in [5.41, 5.74) is 0. The second-order valence-electron chi connectivity index (χ2n) is 6.66. The molecule has 0 aromatic rings. The standard InChI is InChI=1S/C12H25NO5Si/c1-12(2,3)19(4,5)18-9-7-13(11(16)17)6-8(14)10(9)15/h8-10,14-15H,6-7H2,1-5H3,(H,16,17). The zero-order chi connectivity index (χ0) is 15.0. The van der Waals surface area contributed by atoms with E-state index in [4.69, 9.17) is 9.53 Å². The van der Waals surface area contributed by atoms with Crippen molar-refractivity contribution < 1.29 is 24.5 Å². The van der Waals surface area contributed by atoms with Crippen LogP contribution < -0.4 is 0 Å². The number of nitrogens with zero attached hydrogens (tertiary/aromatic N) is 1. The Labute approximate surface area is 115 Å². The molecule has 1 rings (SSSR count). The third-order valence-electron chi connectivity index (χ3n) is 4.11. The fourth-order valence-corrected chi connectivity index (χ4v) is 3.12. The van der Waals surface area contributed by atoms with Crippen LogP contribution in [0.4, 0.5) is 4.79 Å². The van der Waals surface area contributed by atoms with Crippen molar-refractivity contribution in [2.75, 3.05) is 13.1 Å². The van der Waals surface area contributed by atoms with E-state index in [1.165, 1.54) is 0 Å². The van der Waals surface area contributed by atoms with Crippen LogP contribution in [0.2, 0.25) is 18.1 Å². The van der Waals surface area contributed by atoms with E-state index in [1.54, 1.807) is 0 Å². The van der Waals surface area contributed by atoms with E-state index in [0.717, 1.165) is 4.90 Å². The van der Waals surface area contributed by atoms with Gasteiger partial charge in [0.25, 0.3) is 0 Å². The molecular formula is C12H25NO5Si. The zero-order valence-corrected chi connectivity index (χ0v) is 13.3. The fourth-order valence-electron chi connectivity index (χ4n) is 1.80. The Morgan fingerprint density at radius 2 is 1.79 bits per heavy atom. The number of carbonyl (C=O) groups is 1. The molecule has 1 amide bonds. The van der Waals surface area contributed by atoms with Gasteiger partial charge in [-0.25, -0.2) is 4.79 Å². The molecular weight excluding hydrogens is 266 g/mol. The Morgan fingerprint density at radius 3 is 2.21 bits per heavy atom. The largest absolute Gasteiger partial charge is 0.465 e. The molecule has 3 N–H and O–H groups in total.